The van der Waals surface area contributed by atoms with Crippen LogP contribution in [0.5, 0.6) is 0 Å². The Morgan fingerprint density at radius 3 is 2.27 bits per heavy atom. The monoisotopic (exact) mass is 358 g/mol. The molecule has 146 valence electrons. The molecule has 0 aliphatic heterocycles. The predicted octanol–water partition coefficient (Wildman–Crippen LogP) is 5.99. The Morgan fingerprint density at radius 1 is 0.923 bits per heavy atom. The molecule has 0 heterocycles. The van der Waals surface area contributed by atoms with E-state index in [4.69, 9.17) is 0 Å². The van der Waals surface area contributed by atoms with Gasteiger partial charge in [-0.25, -0.2) is 0 Å². The van der Waals surface area contributed by atoms with E-state index in [1.165, 1.54) is 5.70 Å². The molecule has 0 amide bonds. The Hall–Kier alpha value is -1.94. The van der Waals surface area contributed by atoms with E-state index in [2.05, 4.69) is 78.1 Å². The molecule has 0 fully saturated rings. The maximum absolute atomic E-state index is 4.24. The summed E-state index contributed by atoms with van der Waals surface area (Å²) in [5.74, 6) is 0. The molecule has 1 N–H and O–H groups in total. The third kappa shape index (κ3) is 14.4. The fraction of sp³-hybridized carbons (Fsp3) is 0.545. The van der Waals surface area contributed by atoms with Crippen LogP contribution in [-0.4, -0.2) is 31.7 Å². The van der Waals surface area contributed by atoms with Gasteiger partial charge in [-0.2, -0.15) is 5.11 Å². The van der Waals surface area contributed by atoms with Crippen LogP contribution in [0.3, 0.4) is 0 Å². The van der Waals surface area contributed by atoms with E-state index in [1.807, 2.05) is 18.0 Å². The van der Waals surface area contributed by atoms with E-state index < -0.39 is 0 Å². The number of rotatable bonds is 15. The maximum atomic E-state index is 4.24. The predicted molar refractivity (Wildman–Crippen MR) is 115 cm³/mol. The third-order valence-corrected chi connectivity index (χ3v) is 3.67. The molecule has 0 saturated carbocycles. The summed E-state index contributed by atoms with van der Waals surface area (Å²) in [6.45, 7) is 9.19. The molecule has 0 aromatic carbocycles. The number of nitrogens with zero attached hydrogens (tertiary/aromatic N) is 3. The minimum absolute atomic E-state index is 0.839. The van der Waals surface area contributed by atoms with Gasteiger partial charge in [0.25, 0.3) is 0 Å². The van der Waals surface area contributed by atoms with E-state index in [-0.39, 0.29) is 0 Å². The number of nitrogens with one attached hydrogen (secondary N) is 1. The number of unbranched alkanes of at least 4 members (excludes halogenated alkanes) is 1. The quantitative estimate of drug-likeness (QED) is 0.169. The van der Waals surface area contributed by atoms with Crippen molar-refractivity contribution in [2.45, 2.75) is 52.9 Å². The van der Waals surface area contributed by atoms with Crippen molar-refractivity contribution in [1.82, 2.24) is 10.3 Å². The average Bonchev–Trinajstić information content (AvgIpc) is 2.66. The first-order valence-corrected chi connectivity index (χ1v) is 9.86. The minimum Gasteiger partial charge on any atom is -0.317 e. The Bertz CT molecular complexity index is 484. The largest absolute Gasteiger partial charge is 0.317 e. The van der Waals surface area contributed by atoms with E-state index >= 15 is 0 Å². The fourth-order valence-corrected chi connectivity index (χ4v) is 2.34. The maximum Gasteiger partial charge on any atom is 0.0509 e. The highest BCUT2D eigenvalue weighted by molar-refractivity contribution is 5.07. The first kappa shape index (κ1) is 24.1. The van der Waals surface area contributed by atoms with Gasteiger partial charge < -0.3 is 5.32 Å². The van der Waals surface area contributed by atoms with E-state index in [1.54, 1.807) is 7.05 Å². The lowest BCUT2D eigenvalue weighted by Gasteiger charge is -2.19. The van der Waals surface area contributed by atoms with Crippen LogP contribution in [0.4, 0.5) is 0 Å². The Balaban J connectivity index is 4.47. The smallest absolute Gasteiger partial charge is 0.0509 e. The van der Waals surface area contributed by atoms with Crippen molar-refractivity contribution in [1.29, 1.82) is 0 Å². The molecule has 0 spiro atoms. The second-order valence-electron chi connectivity index (χ2n) is 5.77. The summed E-state index contributed by atoms with van der Waals surface area (Å²) in [5.41, 5.74) is 1.25. The molecule has 0 saturated heterocycles. The minimum atomic E-state index is 0.839. The van der Waals surface area contributed by atoms with Gasteiger partial charge in [-0.1, -0.05) is 66.8 Å². The second kappa shape index (κ2) is 19.4. The molecule has 4 nitrogen and oxygen atoms in total. The normalized spacial score (nSPS) is 13.5. The van der Waals surface area contributed by atoms with Gasteiger partial charge in [0.15, 0.2) is 0 Å². The molecule has 0 radical (unpaired) electrons. The Morgan fingerprint density at radius 2 is 1.62 bits per heavy atom. The summed E-state index contributed by atoms with van der Waals surface area (Å²) in [7, 11) is 1.72. The van der Waals surface area contributed by atoms with Gasteiger partial charge in [0.1, 0.15) is 0 Å². The lowest BCUT2D eigenvalue weighted by atomic mass is 10.1. The van der Waals surface area contributed by atoms with E-state index in [0.29, 0.717) is 0 Å². The first-order valence-electron chi connectivity index (χ1n) is 9.86. The number of allylic oxidation sites excluding steroid dienone is 9. The Labute approximate surface area is 161 Å². The van der Waals surface area contributed by atoms with Crippen LogP contribution in [0.15, 0.2) is 70.7 Å². The summed E-state index contributed by atoms with van der Waals surface area (Å²) in [6, 6.07) is 0. The second-order valence-corrected chi connectivity index (χ2v) is 5.77. The van der Waals surface area contributed by atoms with Crippen LogP contribution in [0.2, 0.25) is 0 Å². The van der Waals surface area contributed by atoms with Crippen LogP contribution in [-0.2, 0) is 0 Å². The molecule has 0 aromatic heterocycles. The van der Waals surface area contributed by atoms with Gasteiger partial charge in [0.05, 0.1) is 7.05 Å². The fourth-order valence-electron chi connectivity index (χ4n) is 2.34. The third-order valence-electron chi connectivity index (χ3n) is 3.67. The molecule has 0 aromatic rings. The molecule has 26 heavy (non-hydrogen) atoms. The van der Waals surface area contributed by atoms with Crippen LogP contribution in [0.1, 0.15) is 52.9 Å². The molecular weight excluding hydrogens is 320 g/mol. The molecule has 4 heteroatoms. The molecule has 0 aliphatic rings. The summed E-state index contributed by atoms with van der Waals surface area (Å²) < 4.78 is 0. The van der Waals surface area contributed by atoms with E-state index in [0.717, 1.165) is 51.7 Å². The highest BCUT2D eigenvalue weighted by atomic mass is 15.5. The Kier molecular flexibility index (Phi) is 17.9. The molecule has 0 bridgehead atoms. The number of hydrogen-bond donors (Lipinski definition) is 1. The van der Waals surface area contributed by atoms with Crippen molar-refractivity contribution in [2.75, 3.05) is 26.7 Å². The topological polar surface area (TPSA) is 40.0 Å². The first-order chi connectivity index (χ1) is 12.8. The lowest BCUT2D eigenvalue weighted by Crippen LogP contribution is -2.15. The summed E-state index contributed by atoms with van der Waals surface area (Å²) in [5, 5.41) is 13.5. The molecule has 0 atom stereocenters. The average molecular weight is 359 g/mol. The zero-order valence-electron chi connectivity index (χ0n) is 17.2. The highest BCUT2D eigenvalue weighted by Gasteiger charge is 2.05. The standard InChI is InChI=1S/C22H38N4/c1-5-8-9-10-13-16-19-22(26(7-3)25-23-4)20-17-14-11-12-15-18-21-24-6-2/h5,8-12,14-15,19,24H,6-7,13,16-18,20-21H2,1-4H3/b8-5-,10-9-,14-11-,15-12-,22-19+,25-23?. The van der Waals surface area contributed by atoms with Crippen molar-refractivity contribution < 1.29 is 0 Å². The van der Waals surface area contributed by atoms with Crippen LogP contribution >= 0.6 is 0 Å². The molecular formula is C22H38N4. The summed E-state index contributed by atoms with van der Waals surface area (Å²) in [6.07, 6.45) is 24.5. The van der Waals surface area contributed by atoms with Crippen molar-refractivity contribution in [3.05, 3.63) is 60.4 Å². The van der Waals surface area contributed by atoms with Gasteiger partial charge in [0, 0.05) is 12.2 Å². The van der Waals surface area contributed by atoms with Gasteiger partial charge >= 0.3 is 0 Å². The molecule has 0 unspecified atom stereocenters. The SMILES string of the molecule is C/C=C\C=C/CC/C=C(\CC/C=C\C=C/CCNCC)N(CC)N=NC. The summed E-state index contributed by atoms with van der Waals surface area (Å²) >= 11 is 0. The van der Waals surface area contributed by atoms with Gasteiger partial charge in [0.2, 0.25) is 0 Å². The van der Waals surface area contributed by atoms with Crippen LogP contribution < -0.4 is 5.32 Å². The van der Waals surface area contributed by atoms with Crippen LogP contribution in [0.25, 0.3) is 0 Å². The van der Waals surface area contributed by atoms with Crippen LogP contribution in [0, 0.1) is 0 Å². The molecule has 0 rings (SSSR count). The lowest BCUT2D eigenvalue weighted by molar-refractivity contribution is 0.343. The van der Waals surface area contributed by atoms with Crippen molar-refractivity contribution in [3.63, 3.8) is 0 Å². The van der Waals surface area contributed by atoms with Crippen molar-refractivity contribution >= 4 is 0 Å². The van der Waals surface area contributed by atoms with E-state index in [9.17, 15) is 0 Å². The highest BCUT2D eigenvalue weighted by Crippen LogP contribution is 2.15. The van der Waals surface area contributed by atoms with Gasteiger partial charge in [-0.15, -0.1) is 0 Å². The van der Waals surface area contributed by atoms with Gasteiger partial charge in [-0.05, 0) is 59.0 Å². The van der Waals surface area contributed by atoms with Crippen molar-refractivity contribution in [3.8, 4) is 0 Å². The summed E-state index contributed by atoms with van der Waals surface area (Å²) in [4.78, 5) is 0. The van der Waals surface area contributed by atoms with Gasteiger partial charge in [-0.3, -0.25) is 5.01 Å². The van der Waals surface area contributed by atoms with Crippen molar-refractivity contribution in [2.24, 2.45) is 10.3 Å². The zero-order chi connectivity index (χ0) is 19.3. The number of hydrogen-bond acceptors (Lipinski definition) is 3. The molecule has 0 aliphatic carbocycles. The zero-order valence-corrected chi connectivity index (χ0v) is 17.2.